The number of aliphatic carboxylic acids is 1. The van der Waals surface area contributed by atoms with E-state index in [9.17, 15) is 19.3 Å². The molecule has 2 atom stereocenters. The number of carbonyl (C=O) groups excluding carboxylic acids is 1. The van der Waals surface area contributed by atoms with E-state index in [2.05, 4.69) is 10.4 Å². The number of hydrogen-bond donors (Lipinski definition) is 3. The highest BCUT2D eigenvalue weighted by molar-refractivity contribution is 7.51. The van der Waals surface area contributed by atoms with E-state index in [-0.39, 0.29) is 18.6 Å². The molecular formula is C18H29N2O6P. The second-order valence-corrected chi connectivity index (χ2v) is 8.42. The standard InChI is InChI=1S/C18H29N2O6P/c1-12(2)25-27(24,26-13(3)4)20-14(5)17(21)19-16(18(22)23)11-15-9-7-6-8-10-15/h6-10,12-14,16H,11H2,1-5H3,(H,19,21)(H,20,24)(H,22,23)/t14-,16-/m0/s1. The third kappa shape index (κ3) is 8.67. The van der Waals surface area contributed by atoms with Gasteiger partial charge >= 0.3 is 13.7 Å². The van der Waals surface area contributed by atoms with Crippen LogP contribution in [0, 0.1) is 0 Å². The number of carboxylic acid groups (broad SMARTS) is 1. The maximum absolute atomic E-state index is 12.8. The van der Waals surface area contributed by atoms with Crippen LogP contribution in [0.1, 0.15) is 40.2 Å². The Kier molecular flexibility index (Phi) is 9.12. The first-order chi connectivity index (χ1) is 12.5. The minimum atomic E-state index is -3.73. The molecule has 3 N–H and O–H groups in total. The van der Waals surface area contributed by atoms with Gasteiger partial charge in [0, 0.05) is 6.42 Å². The van der Waals surface area contributed by atoms with Crippen molar-refractivity contribution in [2.75, 3.05) is 0 Å². The molecule has 0 aromatic heterocycles. The van der Waals surface area contributed by atoms with Gasteiger partial charge < -0.3 is 10.4 Å². The molecule has 1 rings (SSSR count). The van der Waals surface area contributed by atoms with E-state index in [1.807, 2.05) is 6.07 Å². The van der Waals surface area contributed by atoms with Gasteiger partial charge in [0.1, 0.15) is 6.04 Å². The molecule has 0 spiro atoms. The third-order valence-corrected chi connectivity index (χ3v) is 5.44. The Morgan fingerprint density at radius 2 is 1.56 bits per heavy atom. The maximum Gasteiger partial charge on any atom is 0.406 e. The quantitative estimate of drug-likeness (QED) is 0.489. The molecule has 0 aliphatic heterocycles. The van der Waals surface area contributed by atoms with E-state index >= 15 is 0 Å². The third-order valence-electron chi connectivity index (χ3n) is 3.34. The summed E-state index contributed by atoms with van der Waals surface area (Å²) < 4.78 is 23.5. The van der Waals surface area contributed by atoms with Crippen molar-refractivity contribution in [3.63, 3.8) is 0 Å². The van der Waals surface area contributed by atoms with Gasteiger partial charge in [0.25, 0.3) is 0 Å². The lowest BCUT2D eigenvalue weighted by atomic mass is 10.1. The summed E-state index contributed by atoms with van der Waals surface area (Å²) in [5.74, 6) is -1.77. The first kappa shape index (κ1) is 23.3. The number of carbonyl (C=O) groups is 2. The molecule has 27 heavy (non-hydrogen) atoms. The zero-order valence-electron chi connectivity index (χ0n) is 16.3. The molecule has 0 saturated carbocycles. The van der Waals surface area contributed by atoms with E-state index in [4.69, 9.17) is 9.05 Å². The van der Waals surface area contributed by atoms with Gasteiger partial charge in [-0.1, -0.05) is 30.3 Å². The van der Waals surface area contributed by atoms with Crippen molar-refractivity contribution in [3.8, 4) is 0 Å². The Hall–Kier alpha value is -1.73. The number of benzene rings is 1. The van der Waals surface area contributed by atoms with Crippen molar-refractivity contribution in [3.05, 3.63) is 35.9 Å². The molecule has 152 valence electrons. The molecule has 8 nitrogen and oxygen atoms in total. The average Bonchev–Trinajstić information content (AvgIpc) is 2.52. The van der Waals surface area contributed by atoms with Crippen LogP contribution in [0.15, 0.2) is 30.3 Å². The molecule has 1 aromatic rings. The van der Waals surface area contributed by atoms with Gasteiger partial charge in [-0.2, -0.15) is 0 Å². The van der Waals surface area contributed by atoms with Crippen molar-refractivity contribution in [1.29, 1.82) is 0 Å². The summed E-state index contributed by atoms with van der Waals surface area (Å²) in [7, 11) is -3.73. The highest BCUT2D eigenvalue weighted by atomic mass is 31.2. The molecule has 0 bridgehead atoms. The zero-order valence-corrected chi connectivity index (χ0v) is 17.2. The predicted octanol–water partition coefficient (Wildman–Crippen LogP) is 2.73. The van der Waals surface area contributed by atoms with Crippen LogP contribution >= 0.6 is 7.75 Å². The van der Waals surface area contributed by atoms with Crippen molar-refractivity contribution in [1.82, 2.24) is 10.4 Å². The highest BCUT2D eigenvalue weighted by Gasteiger charge is 2.33. The summed E-state index contributed by atoms with van der Waals surface area (Å²) in [5.41, 5.74) is 0.780. The van der Waals surface area contributed by atoms with Crippen LogP contribution in [-0.4, -0.2) is 41.3 Å². The van der Waals surface area contributed by atoms with Gasteiger partial charge in [-0.05, 0) is 40.2 Å². The topological polar surface area (TPSA) is 114 Å². The Morgan fingerprint density at radius 3 is 2.00 bits per heavy atom. The number of nitrogens with one attached hydrogen (secondary N) is 2. The molecule has 1 amide bonds. The molecule has 0 fully saturated rings. The van der Waals surface area contributed by atoms with Crippen LogP contribution < -0.4 is 10.4 Å². The van der Waals surface area contributed by atoms with E-state index < -0.39 is 31.7 Å². The number of carboxylic acids is 1. The molecule has 0 unspecified atom stereocenters. The van der Waals surface area contributed by atoms with Crippen LogP contribution in [-0.2, 0) is 29.6 Å². The summed E-state index contributed by atoms with van der Waals surface area (Å²) in [6.07, 6.45) is -0.638. The minimum Gasteiger partial charge on any atom is -0.480 e. The fourth-order valence-electron chi connectivity index (χ4n) is 2.28. The number of rotatable bonds is 11. The first-order valence-electron chi connectivity index (χ1n) is 8.84. The fraction of sp³-hybridized carbons (Fsp3) is 0.556. The lowest BCUT2D eigenvalue weighted by Crippen LogP contribution is -2.49. The van der Waals surface area contributed by atoms with Gasteiger partial charge in [0.05, 0.1) is 18.2 Å². The van der Waals surface area contributed by atoms with Crippen LogP contribution in [0.4, 0.5) is 0 Å². The van der Waals surface area contributed by atoms with Crippen LogP contribution in [0.25, 0.3) is 0 Å². The molecule has 0 saturated heterocycles. The van der Waals surface area contributed by atoms with Crippen molar-refractivity contribution in [2.24, 2.45) is 0 Å². The summed E-state index contributed by atoms with van der Waals surface area (Å²) in [6.45, 7) is 8.26. The molecule has 9 heteroatoms. The molecule has 0 heterocycles. The van der Waals surface area contributed by atoms with Crippen molar-refractivity contribution < 1.29 is 28.3 Å². The Labute approximate surface area is 160 Å². The molecule has 0 aliphatic carbocycles. The van der Waals surface area contributed by atoms with E-state index in [0.717, 1.165) is 5.56 Å². The van der Waals surface area contributed by atoms with Crippen molar-refractivity contribution in [2.45, 2.75) is 65.3 Å². The summed E-state index contributed by atoms with van der Waals surface area (Å²) >= 11 is 0. The minimum absolute atomic E-state index is 0.136. The fourth-order valence-corrected chi connectivity index (χ4v) is 4.16. The average molecular weight is 400 g/mol. The van der Waals surface area contributed by atoms with Gasteiger partial charge in [-0.3, -0.25) is 13.8 Å². The summed E-state index contributed by atoms with van der Waals surface area (Å²) in [5, 5.41) is 14.4. The largest absolute Gasteiger partial charge is 0.480 e. The van der Waals surface area contributed by atoms with Gasteiger partial charge in [-0.25, -0.2) is 14.4 Å². The van der Waals surface area contributed by atoms with Crippen molar-refractivity contribution >= 4 is 19.6 Å². The number of amides is 1. The lowest BCUT2D eigenvalue weighted by molar-refractivity contribution is -0.142. The van der Waals surface area contributed by atoms with Gasteiger partial charge in [-0.15, -0.1) is 0 Å². The first-order valence-corrected chi connectivity index (χ1v) is 10.4. The van der Waals surface area contributed by atoms with Crippen LogP contribution in [0.2, 0.25) is 0 Å². The SMILES string of the molecule is CC(C)OP(=O)(N[C@@H](C)C(=O)N[C@@H](Cc1ccccc1)C(=O)O)OC(C)C. The second kappa shape index (κ2) is 10.6. The zero-order chi connectivity index (χ0) is 20.6. The normalized spacial score (nSPS) is 14.2. The molecule has 1 aromatic carbocycles. The summed E-state index contributed by atoms with van der Waals surface area (Å²) in [6, 6.07) is 6.89. The van der Waals surface area contributed by atoms with E-state index in [1.54, 1.807) is 52.0 Å². The van der Waals surface area contributed by atoms with E-state index in [1.165, 1.54) is 6.92 Å². The predicted molar refractivity (Wildman–Crippen MR) is 102 cm³/mol. The maximum atomic E-state index is 12.8. The smallest absolute Gasteiger partial charge is 0.406 e. The van der Waals surface area contributed by atoms with Gasteiger partial charge in [0.2, 0.25) is 5.91 Å². The van der Waals surface area contributed by atoms with E-state index in [0.29, 0.717) is 0 Å². The Balaban J connectivity index is 2.79. The Morgan fingerprint density at radius 1 is 1.04 bits per heavy atom. The number of hydrogen-bond acceptors (Lipinski definition) is 5. The molecular weight excluding hydrogens is 371 g/mol. The van der Waals surface area contributed by atoms with Crippen LogP contribution in [0.3, 0.4) is 0 Å². The lowest BCUT2D eigenvalue weighted by Gasteiger charge is -2.26. The second-order valence-electron chi connectivity index (χ2n) is 6.75. The Bertz CT molecular complexity index is 651. The summed E-state index contributed by atoms with van der Waals surface area (Å²) in [4.78, 5) is 23.9. The molecule has 0 radical (unpaired) electrons. The molecule has 0 aliphatic rings. The van der Waals surface area contributed by atoms with Crippen LogP contribution in [0.5, 0.6) is 0 Å². The highest BCUT2D eigenvalue weighted by Crippen LogP contribution is 2.46. The monoisotopic (exact) mass is 400 g/mol. The van der Waals surface area contributed by atoms with Gasteiger partial charge in [0.15, 0.2) is 0 Å².